The van der Waals surface area contributed by atoms with Crippen molar-refractivity contribution in [2.24, 2.45) is 10.2 Å². The summed E-state index contributed by atoms with van der Waals surface area (Å²) in [5.41, 5.74) is 1.29. The van der Waals surface area contributed by atoms with Crippen molar-refractivity contribution < 1.29 is 5.11 Å². The molecule has 29 heavy (non-hydrogen) atoms. The normalized spacial score (nSPS) is 11.4. The lowest BCUT2D eigenvalue weighted by Crippen LogP contribution is -1.88. The highest BCUT2D eigenvalue weighted by molar-refractivity contribution is 5.99. The molecule has 0 bridgehead atoms. The van der Waals surface area contributed by atoms with Crippen molar-refractivity contribution in [3.63, 3.8) is 0 Å². The minimum atomic E-state index is 0.133. The van der Waals surface area contributed by atoms with Gasteiger partial charge in [0, 0.05) is 27.9 Å². The monoisotopic (exact) mass is 376 g/mol. The Bertz CT molecular complexity index is 1360. The first-order valence-electron chi connectivity index (χ1n) is 9.24. The molecule has 5 aromatic rings. The third-order valence-electron chi connectivity index (χ3n) is 4.80. The van der Waals surface area contributed by atoms with E-state index >= 15 is 0 Å². The van der Waals surface area contributed by atoms with Crippen molar-refractivity contribution in [2.75, 3.05) is 0 Å². The van der Waals surface area contributed by atoms with E-state index in [4.69, 9.17) is 0 Å². The lowest BCUT2D eigenvalue weighted by atomic mass is 10.1. The molecule has 138 valence electrons. The highest BCUT2D eigenvalue weighted by Gasteiger charge is 2.14. The summed E-state index contributed by atoms with van der Waals surface area (Å²) in [5, 5.41) is 23.0. The molecule has 0 atom stereocenters. The molecule has 5 nitrogen and oxygen atoms in total. The standard InChI is InChI=1S/C24H16N4O/c29-22-19-12-6-7-13-20(19)24(26-21(22)17-9-2-1-3-10-17)28-27-23-18-11-5-4-8-16(18)14-15-25-23/h1-15,29H. The van der Waals surface area contributed by atoms with Crippen LogP contribution in [-0.2, 0) is 0 Å². The van der Waals surface area contributed by atoms with Crippen LogP contribution in [0.25, 0.3) is 32.8 Å². The van der Waals surface area contributed by atoms with Gasteiger partial charge in [-0.1, -0.05) is 78.9 Å². The summed E-state index contributed by atoms with van der Waals surface area (Å²) >= 11 is 0. The first kappa shape index (κ1) is 17.0. The molecule has 0 radical (unpaired) electrons. The zero-order chi connectivity index (χ0) is 19.6. The van der Waals surface area contributed by atoms with Gasteiger partial charge in [0.05, 0.1) is 0 Å². The van der Waals surface area contributed by atoms with Gasteiger partial charge in [0.1, 0.15) is 11.4 Å². The molecular weight excluding hydrogens is 360 g/mol. The largest absolute Gasteiger partial charge is 0.505 e. The van der Waals surface area contributed by atoms with Crippen LogP contribution in [0.4, 0.5) is 11.6 Å². The molecule has 0 aliphatic rings. The van der Waals surface area contributed by atoms with Crippen LogP contribution in [0.5, 0.6) is 5.75 Å². The van der Waals surface area contributed by atoms with Gasteiger partial charge in [-0.05, 0) is 11.5 Å². The molecule has 0 aliphatic heterocycles. The van der Waals surface area contributed by atoms with Crippen LogP contribution in [-0.4, -0.2) is 15.1 Å². The van der Waals surface area contributed by atoms with E-state index in [-0.39, 0.29) is 5.75 Å². The van der Waals surface area contributed by atoms with Crippen molar-refractivity contribution in [3.8, 4) is 17.0 Å². The molecule has 2 heterocycles. The Balaban J connectivity index is 1.70. The number of nitrogens with zero attached hydrogens (tertiary/aromatic N) is 4. The van der Waals surface area contributed by atoms with Crippen molar-refractivity contribution in [1.29, 1.82) is 0 Å². The summed E-state index contributed by atoms with van der Waals surface area (Å²) in [5.74, 6) is 1.10. The molecule has 0 unspecified atom stereocenters. The number of aromatic hydroxyl groups is 1. The molecule has 2 aromatic heterocycles. The minimum Gasteiger partial charge on any atom is -0.505 e. The van der Waals surface area contributed by atoms with Gasteiger partial charge >= 0.3 is 0 Å². The number of azo groups is 1. The number of aromatic nitrogens is 2. The molecule has 5 rings (SSSR count). The Morgan fingerprint density at radius 2 is 1.28 bits per heavy atom. The first-order chi connectivity index (χ1) is 14.3. The zero-order valence-corrected chi connectivity index (χ0v) is 15.4. The van der Waals surface area contributed by atoms with E-state index in [2.05, 4.69) is 20.2 Å². The third-order valence-corrected chi connectivity index (χ3v) is 4.80. The van der Waals surface area contributed by atoms with Gasteiger partial charge in [-0.25, -0.2) is 9.97 Å². The molecule has 5 heteroatoms. The van der Waals surface area contributed by atoms with Crippen LogP contribution in [0.15, 0.2) is 101 Å². The number of benzene rings is 3. The van der Waals surface area contributed by atoms with E-state index in [1.165, 1.54) is 0 Å². The van der Waals surface area contributed by atoms with Crippen LogP contribution in [0.3, 0.4) is 0 Å². The smallest absolute Gasteiger partial charge is 0.183 e. The van der Waals surface area contributed by atoms with Gasteiger partial charge in [-0.2, -0.15) is 0 Å². The van der Waals surface area contributed by atoms with Gasteiger partial charge < -0.3 is 5.11 Å². The Morgan fingerprint density at radius 3 is 2.10 bits per heavy atom. The van der Waals surface area contributed by atoms with E-state index in [0.717, 1.165) is 21.7 Å². The van der Waals surface area contributed by atoms with E-state index in [1.807, 2.05) is 84.9 Å². The van der Waals surface area contributed by atoms with Crippen LogP contribution in [0.2, 0.25) is 0 Å². The average molecular weight is 376 g/mol. The highest BCUT2D eigenvalue weighted by atomic mass is 16.3. The number of hydrogen-bond acceptors (Lipinski definition) is 5. The second-order valence-electron chi connectivity index (χ2n) is 6.60. The predicted molar refractivity (Wildman–Crippen MR) is 115 cm³/mol. The van der Waals surface area contributed by atoms with Crippen molar-refractivity contribution in [3.05, 3.63) is 91.1 Å². The lowest BCUT2D eigenvalue weighted by molar-refractivity contribution is 0.481. The van der Waals surface area contributed by atoms with Crippen LogP contribution in [0.1, 0.15) is 0 Å². The van der Waals surface area contributed by atoms with Gasteiger partial charge in [0.15, 0.2) is 11.6 Å². The fraction of sp³-hybridized carbons (Fsp3) is 0. The highest BCUT2D eigenvalue weighted by Crippen LogP contribution is 2.39. The molecule has 0 saturated heterocycles. The van der Waals surface area contributed by atoms with E-state index in [1.54, 1.807) is 6.20 Å². The van der Waals surface area contributed by atoms with Crippen molar-refractivity contribution in [2.45, 2.75) is 0 Å². The summed E-state index contributed by atoms with van der Waals surface area (Å²) in [6, 6.07) is 26.9. The quantitative estimate of drug-likeness (QED) is 0.362. The zero-order valence-electron chi connectivity index (χ0n) is 15.4. The molecule has 0 fully saturated rings. The number of fused-ring (bicyclic) bond motifs is 2. The third kappa shape index (κ3) is 3.08. The Hall–Kier alpha value is -4.12. The maximum absolute atomic E-state index is 10.8. The van der Waals surface area contributed by atoms with Gasteiger partial charge in [-0.3, -0.25) is 0 Å². The molecule has 0 spiro atoms. The van der Waals surface area contributed by atoms with E-state index in [9.17, 15) is 5.11 Å². The SMILES string of the molecule is Oc1c(-c2ccccc2)nc(N=Nc2nccc3ccccc23)c2ccccc12. The Kier molecular flexibility index (Phi) is 4.18. The van der Waals surface area contributed by atoms with Gasteiger partial charge in [0.25, 0.3) is 0 Å². The van der Waals surface area contributed by atoms with Crippen LogP contribution >= 0.6 is 0 Å². The number of pyridine rings is 2. The lowest BCUT2D eigenvalue weighted by Gasteiger charge is -2.09. The van der Waals surface area contributed by atoms with E-state index in [0.29, 0.717) is 22.7 Å². The first-order valence-corrected chi connectivity index (χ1v) is 9.24. The molecule has 0 amide bonds. The fourth-order valence-electron chi connectivity index (χ4n) is 3.38. The fourth-order valence-corrected chi connectivity index (χ4v) is 3.38. The second kappa shape index (κ2) is 7.13. The number of rotatable bonds is 3. The summed E-state index contributed by atoms with van der Waals surface area (Å²) in [6.45, 7) is 0. The average Bonchev–Trinajstić information content (AvgIpc) is 2.79. The number of hydrogen-bond donors (Lipinski definition) is 1. The van der Waals surface area contributed by atoms with Crippen LogP contribution in [0, 0.1) is 0 Å². The minimum absolute atomic E-state index is 0.133. The molecule has 0 aliphatic carbocycles. The molecule has 3 aromatic carbocycles. The Labute approximate surface area is 167 Å². The summed E-state index contributed by atoms with van der Waals surface area (Å²) in [6.07, 6.45) is 1.72. The van der Waals surface area contributed by atoms with Crippen molar-refractivity contribution in [1.82, 2.24) is 9.97 Å². The van der Waals surface area contributed by atoms with Gasteiger partial charge in [0.2, 0.25) is 0 Å². The van der Waals surface area contributed by atoms with Crippen molar-refractivity contribution >= 4 is 33.2 Å². The van der Waals surface area contributed by atoms with Gasteiger partial charge in [-0.15, -0.1) is 10.2 Å². The second-order valence-corrected chi connectivity index (χ2v) is 6.60. The molecule has 1 N–H and O–H groups in total. The van der Waals surface area contributed by atoms with E-state index < -0.39 is 0 Å². The Morgan fingerprint density at radius 1 is 0.621 bits per heavy atom. The maximum Gasteiger partial charge on any atom is 0.183 e. The molecular formula is C24H16N4O. The maximum atomic E-state index is 10.8. The predicted octanol–water partition coefficient (Wildman–Crippen LogP) is 6.57. The topological polar surface area (TPSA) is 70.7 Å². The summed E-state index contributed by atoms with van der Waals surface area (Å²) in [7, 11) is 0. The summed E-state index contributed by atoms with van der Waals surface area (Å²) in [4.78, 5) is 8.99. The molecule has 0 saturated carbocycles. The van der Waals surface area contributed by atoms with Crippen LogP contribution < -0.4 is 0 Å². The summed E-state index contributed by atoms with van der Waals surface area (Å²) < 4.78 is 0.